The van der Waals surface area contributed by atoms with E-state index in [1.807, 2.05) is 0 Å². The molecule has 0 unspecified atom stereocenters. The zero-order valence-corrected chi connectivity index (χ0v) is 33.0. The molecular formula is C44H68O6. The maximum atomic E-state index is 14.6. The highest BCUT2D eigenvalue weighted by atomic mass is 16.5. The van der Waals surface area contributed by atoms with Gasteiger partial charge < -0.3 is 9.84 Å². The van der Waals surface area contributed by atoms with Crippen molar-refractivity contribution in [2.75, 3.05) is 0 Å². The van der Waals surface area contributed by atoms with E-state index in [4.69, 9.17) is 4.74 Å². The largest absolute Gasteiger partial charge is 0.481 e. The summed E-state index contributed by atoms with van der Waals surface area (Å²) in [6.07, 6.45) is 16.0. The van der Waals surface area contributed by atoms with Crippen molar-refractivity contribution in [1.29, 1.82) is 0 Å². The van der Waals surface area contributed by atoms with Gasteiger partial charge in [-0.2, -0.15) is 0 Å². The van der Waals surface area contributed by atoms with Gasteiger partial charge >= 0.3 is 11.9 Å². The number of carbonyl (C=O) groups is 4. The first-order valence-electron chi connectivity index (χ1n) is 20.5. The van der Waals surface area contributed by atoms with E-state index in [2.05, 4.69) is 48.5 Å². The second-order valence-corrected chi connectivity index (χ2v) is 20.4. The van der Waals surface area contributed by atoms with E-state index in [0.29, 0.717) is 36.4 Å². The predicted octanol–water partition coefficient (Wildman–Crippen LogP) is 10.3. The van der Waals surface area contributed by atoms with Gasteiger partial charge in [0.05, 0.1) is 17.3 Å². The number of ether oxygens (including phenoxy) is 1. The second-order valence-electron chi connectivity index (χ2n) is 20.4. The maximum absolute atomic E-state index is 14.6. The van der Waals surface area contributed by atoms with E-state index >= 15 is 0 Å². The summed E-state index contributed by atoms with van der Waals surface area (Å²) >= 11 is 0. The highest BCUT2D eigenvalue weighted by Gasteiger charge is 2.71. The molecule has 6 nitrogen and oxygen atoms in total. The van der Waals surface area contributed by atoms with Crippen LogP contribution in [0, 0.1) is 62.1 Å². The molecule has 0 saturated heterocycles. The Morgan fingerprint density at radius 1 is 0.840 bits per heavy atom. The minimum absolute atomic E-state index is 0.00696. The summed E-state index contributed by atoms with van der Waals surface area (Å²) in [7, 11) is 0. The number of carbonyl (C=O) groups excluding carboxylic acids is 3. The summed E-state index contributed by atoms with van der Waals surface area (Å²) in [5.74, 6) is 1.17. The normalized spacial score (nSPS) is 40.1. The molecule has 0 spiro atoms. The molecule has 0 aromatic heterocycles. The van der Waals surface area contributed by atoms with E-state index in [0.717, 1.165) is 63.4 Å². The number of allylic oxidation sites excluding steroid dienone is 2. The topological polar surface area (TPSA) is 97.7 Å². The Morgan fingerprint density at radius 3 is 2.16 bits per heavy atom. The second kappa shape index (κ2) is 12.9. The number of ketones is 2. The van der Waals surface area contributed by atoms with E-state index in [1.54, 1.807) is 13.8 Å². The van der Waals surface area contributed by atoms with Gasteiger partial charge in [-0.3, -0.25) is 19.2 Å². The number of carboxylic acid groups (broad SMARTS) is 1. The third-order valence-corrected chi connectivity index (χ3v) is 16.8. The van der Waals surface area contributed by atoms with Gasteiger partial charge in [0.1, 0.15) is 11.9 Å². The van der Waals surface area contributed by atoms with Gasteiger partial charge in [-0.15, -0.1) is 0 Å². The van der Waals surface area contributed by atoms with Gasteiger partial charge in [-0.05, 0) is 129 Å². The van der Waals surface area contributed by atoms with Crippen LogP contribution in [0.25, 0.3) is 0 Å². The van der Waals surface area contributed by atoms with Crippen molar-refractivity contribution in [3.63, 3.8) is 0 Å². The van der Waals surface area contributed by atoms with Crippen LogP contribution in [0.3, 0.4) is 0 Å². The Bertz CT molecular complexity index is 1430. The number of hydrogen-bond acceptors (Lipinski definition) is 5. The molecule has 0 aromatic rings. The monoisotopic (exact) mass is 693 g/mol. The van der Waals surface area contributed by atoms with E-state index in [1.165, 1.54) is 37.7 Å². The molecule has 0 aliphatic heterocycles. The number of carboxylic acids is 1. The molecule has 0 aromatic carbocycles. The summed E-state index contributed by atoms with van der Waals surface area (Å²) in [5, 5.41) is 9.60. The van der Waals surface area contributed by atoms with Crippen molar-refractivity contribution in [1.82, 2.24) is 0 Å². The van der Waals surface area contributed by atoms with Gasteiger partial charge in [0.15, 0.2) is 5.78 Å². The van der Waals surface area contributed by atoms with E-state index in [9.17, 15) is 24.3 Å². The summed E-state index contributed by atoms with van der Waals surface area (Å²) in [6, 6.07) is 0. The lowest BCUT2D eigenvalue weighted by Gasteiger charge is -2.72. The fourth-order valence-electron chi connectivity index (χ4n) is 13.8. The number of aliphatic carboxylic acids is 1. The van der Waals surface area contributed by atoms with Crippen LogP contribution < -0.4 is 0 Å². The van der Waals surface area contributed by atoms with Crippen molar-refractivity contribution in [3.05, 3.63) is 11.1 Å². The van der Waals surface area contributed by atoms with Crippen LogP contribution in [0.1, 0.15) is 171 Å². The molecular weight excluding hydrogens is 624 g/mol. The van der Waals surface area contributed by atoms with Crippen LogP contribution in [0.5, 0.6) is 0 Å². The molecule has 0 heterocycles. The molecule has 280 valence electrons. The molecule has 6 aliphatic rings. The number of rotatable bonds is 9. The molecule has 8 atom stereocenters. The van der Waals surface area contributed by atoms with Crippen LogP contribution in [0.15, 0.2) is 11.1 Å². The number of fused-ring (bicyclic) bond motifs is 7. The summed E-state index contributed by atoms with van der Waals surface area (Å²) in [6.45, 7) is 19.7. The number of hydrogen-bond donors (Lipinski definition) is 1. The molecule has 0 radical (unpaired) electrons. The molecule has 6 rings (SSSR count). The third-order valence-electron chi connectivity index (χ3n) is 16.8. The highest BCUT2D eigenvalue weighted by Crippen LogP contribution is 2.77. The first kappa shape index (κ1) is 37.8. The minimum Gasteiger partial charge on any atom is -0.481 e. The quantitative estimate of drug-likeness (QED) is 0.242. The van der Waals surface area contributed by atoms with Gasteiger partial charge in [-0.1, -0.05) is 80.6 Å². The van der Waals surface area contributed by atoms with Gasteiger partial charge in [0.25, 0.3) is 0 Å². The van der Waals surface area contributed by atoms with Crippen LogP contribution in [0.4, 0.5) is 0 Å². The van der Waals surface area contributed by atoms with Crippen molar-refractivity contribution in [2.24, 2.45) is 62.1 Å². The Morgan fingerprint density at radius 2 is 1.52 bits per heavy atom. The lowest BCUT2D eigenvalue weighted by molar-refractivity contribution is -0.233. The zero-order chi connectivity index (χ0) is 36.7. The third kappa shape index (κ3) is 5.69. The zero-order valence-electron chi connectivity index (χ0n) is 33.0. The molecule has 5 fully saturated rings. The van der Waals surface area contributed by atoms with Gasteiger partial charge in [-0.25, -0.2) is 0 Å². The highest BCUT2D eigenvalue weighted by molar-refractivity contribution is 6.07. The molecule has 50 heavy (non-hydrogen) atoms. The molecule has 5 saturated carbocycles. The van der Waals surface area contributed by atoms with E-state index < -0.39 is 22.8 Å². The van der Waals surface area contributed by atoms with Crippen LogP contribution in [0.2, 0.25) is 0 Å². The smallest absolute Gasteiger partial charge is 0.309 e. The van der Waals surface area contributed by atoms with Crippen LogP contribution >= 0.6 is 0 Å². The van der Waals surface area contributed by atoms with E-state index in [-0.39, 0.29) is 51.8 Å². The molecule has 6 aliphatic carbocycles. The van der Waals surface area contributed by atoms with Crippen molar-refractivity contribution < 1.29 is 29.0 Å². The fraction of sp³-hybridized carbons (Fsp3) is 0.864. The first-order chi connectivity index (χ1) is 23.2. The maximum Gasteiger partial charge on any atom is 0.309 e. The fourth-order valence-corrected chi connectivity index (χ4v) is 13.8. The molecule has 1 N–H and O–H groups in total. The summed E-state index contributed by atoms with van der Waals surface area (Å²) in [5.41, 5.74) is 0.481. The average molecular weight is 693 g/mol. The van der Waals surface area contributed by atoms with Gasteiger partial charge in [0.2, 0.25) is 0 Å². The number of esters is 1. The van der Waals surface area contributed by atoms with Crippen LogP contribution in [-0.4, -0.2) is 34.7 Å². The predicted molar refractivity (Wildman–Crippen MR) is 196 cm³/mol. The lowest BCUT2D eigenvalue weighted by atomic mass is 9.33. The van der Waals surface area contributed by atoms with Crippen molar-refractivity contribution >= 4 is 23.5 Å². The van der Waals surface area contributed by atoms with Gasteiger partial charge in [0, 0.05) is 18.3 Å². The Hall–Kier alpha value is -1.98. The number of Topliss-reactive ketones (excluding diaryl/α,β-unsaturated/α-hetero) is 2. The SMILES string of the molecule is CC(C)C1=C2[C@H]3CC[C@@H]4[C@@]5(C)CC[C@H](OC(=O)CC(C)(C)C(=O)O)C(C)(C)[C@@H]5CC[C@@]4(C)[C@]3(C)CC[C@@]2(C(=O)CCC2CCCCC2)CC1=O. The minimum atomic E-state index is -1.16. The Kier molecular flexibility index (Phi) is 9.71. The van der Waals surface area contributed by atoms with Crippen molar-refractivity contribution in [3.8, 4) is 0 Å². The Balaban J connectivity index is 1.27. The Labute approximate surface area is 302 Å². The molecule has 0 amide bonds. The lowest BCUT2D eigenvalue weighted by Crippen LogP contribution is -2.66. The molecule has 6 heteroatoms. The summed E-state index contributed by atoms with van der Waals surface area (Å²) in [4.78, 5) is 53.4. The average Bonchev–Trinajstić information content (AvgIpc) is 3.35. The summed E-state index contributed by atoms with van der Waals surface area (Å²) < 4.78 is 6.16. The first-order valence-corrected chi connectivity index (χ1v) is 20.5. The van der Waals surface area contributed by atoms with Crippen LogP contribution in [-0.2, 0) is 23.9 Å². The molecule has 0 bridgehead atoms. The standard InChI is InChI=1S/C44H68O6/c1-27(2)36-30(45)25-44(33(46)18-15-28-13-11-10-12-14-28)24-23-42(8)29(37(36)44)16-17-32-41(7)21-20-34(50-35(47)26-39(3,4)38(48)49)40(5,6)31(41)19-22-43(32,42)9/h27-29,31-32,34H,10-26H2,1-9H3,(H,48,49)/t29-,31+,32-,34+,41+,42-,43-,44+/m1/s1. The van der Waals surface area contributed by atoms with Crippen molar-refractivity contribution in [2.45, 2.75) is 178 Å².